The summed E-state index contributed by atoms with van der Waals surface area (Å²) in [6, 6.07) is 6.76. The van der Waals surface area contributed by atoms with Gasteiger partial charge in [-0.1, -0.05) is 5.92 Å². The third-order valence-corrected chi connectivity index (χ3v) is 5.55. The number of fused-ring (bicyclic) bond motifs is 2. The summed E-state index contributed by atoms with van der Waals surface area (Å²) in [6.07, 6.45) is 0.923. The van der Waals surface area contributed by atoms with E-state index < -0.39 is 4.92 Å². The molecule has 2 aromatic carbocycles. The van der Waals surface area contributed by atoms with Gasteiger partial charge in [-0.15, -0.1) is 0 Å². The number of quaternary nitrogens is 1. The van der Waals surface area contributed by atoms with Gasteiger partial charge in [0.1, 0.15) is 0 Å². The number of benzene rings is 2. The summed E-state index contributed by atoms with van der Waals surface area (Å²) < 4.78 is 16.9. The number of nitro benzene ring substituents is 1. The van der Waals surface area contributed by atoms with E-state index in [1.165, 1.54) is 16.5 Å². The van der Waals surface area contributed by atoms with Gasteiger partial charge in [-0.3, -0.25) is 10.1 Å². The molecule has 0 amide bonds. The Morgan fingerprint density at radius 3 is 2.93 bits per heavy atom. The minimum Gasteiger partial charge on any atom is -0.492 e. The number of anilines is 1. The van der Waals surface area contributed by atoms with Crippen molar-refractivity contribution in [3.05, 3.63) is 51.1 Å². The van der Waals surface area contributed by atoms with E-state index in [0.717, 1.165) is 35.5 Å². The van der Waals surface area contributed by atoms with Crippen LogP contribution in [0.2, 0.25) is 0 Å². The topological polar surface area (TPSA) is 87.3 Å². The summed E-state index contributed by atoms with van der Waals surface area (Å²) in [5.74, 6) is 8.68. The Bertz CT molecular complexity index is 1060. The Labute approximate surface area is 174 Å². The minimum atomic E-state index is -0.394. The first kappa shape index (κ1) is 19.9. The molecule has 0 bridgehead atoms. The van der Waals surface area contributed by atoms with E-state index in [1.54, 1.807) is 19.2 Å². The molecular weight excluding hydrogens is 386 g/mol. The largest absolute Gasteiger partial charge is 0.492 e. The molecule has 2 N–H and O–H groups in total. The highest BCUT2D eigenvalue weighted by Gasteiger charge is 2.35. The van der Waals surface area contributed by atoms with E-state index in [2.05, 4.69) is 24.2 Å². The Morgan fingerprint density at radius 1 is 1.37 bits per heavy atom. The van der Waals surface area contributed by atoms with Gasteiger partial charge in [-0.2, -0.15) is 0 Å². The minimum absolute atomic E-state index is 0.0436. The van der Waals surface area contributed by atoms with Gasteiger partial charge in [0, 0.05) is 24.2 Å². The van der Waals surface area contributed by atoms with Crippen LogP contribution < -0.4 is 24.4 Å². The van der Waals surface area contributed by atoms with Crippen LogP contribution in [0.1, 0.15) is 22.7 Å². The van der Waals surface area contributed by atoms with Crippen molar-refractivity contribution in [3.8, 4) is 29.1 Å². The molecular formula is C22H24N3O5+. The molecule has 0 fully saturated rings. The molecule has 2 aliphatic heterocycles. The fraction of sp³-hybridized carbons (Fsp3) is 0.364. The van der Waals surface area contributed by atoms with E-state index in [-0.39, 0.29) is 18.5 Å². The highest BCUT2D eigenvalue weighted by molar-refractivity contribution is 5.62. The zero-order chi connectivity index (χ0) is 21.3. The van der Waals surface area contributed by atoms with Crippen molar-refractivity contribution in [1.29, 1.82) is 0 Å². The number of rotatable bonds is 4. The van der Waals surface area contributed by atoms with Crippen molar-refractivity contribution in [3.63, 3.8) is 0 Å². The van der Waals surface area contributed by atoms with Crippen molar-refractivity contribution < 1.29 is 24.0 Å². The summed E-state index contributed by atoms with van der Waals surface area (Å²) >= 11 is 0. The lowest BCUT2D eigenvalue weighted by Crippen LogP contribution is -3.10. The third-order valence-electron chi connectivity index (χ3n) is 5.55. The Kier molecular flexibility index (Phi) is 5.38. The number of hydrogen-bond donors (Lipinski definition) is 2. The van der Waals surface area contributed by atoms with Crippen molar-refractivity contribution in [2.75, 3.05) is 39.4 Å². The first-order chi connectivity index (χ1) is 14.5. The van der Waals surface area contributed by atoms with Gasteiger partial charge in [0.15, 0.2) is 17.5 Å². The lowest BCUT2D eigenvalue weighted by Gasteiger charge is -2.30. The molecule has 2 aromatic rings. The predicted molar refractivity (Wildman–Crippen MR) is 111 cm³/mol. The molecule has 4 rings (SSSR count). The molecule has 156 valence electrons. The zero-order valence-electron chi connectivity index (χ0n) is 17.2. The zero-order valence-corrected chi connectivity index (χ0v) is 17.2. The van der Waals surface area contributed by atoms with Gasteiger partial charge < -0.3 is 24.4 Å². The fourth-order valence-electron chi connectivity index (χ4n) is 3.97. The van der Waals surface area contributed by atoms with Crippen LogP contribution in [-0.4, -0.2) is 39.0 Å². The van der Waals surface area contributed by atoms with Crippen LogP contribution in [0.15, 0.2) is 24.3 Å². The molecule has 1 unspecified atom stereocenters. The maximum atomic E-state index is 10.9. The number of nitro groups is 1. The van der Waals surface area contributed by atoms with Crippen LogP contribution in [-0.2, 0) is 6.42 Å². The van der Waals surface area contributed by atoms with E-state index in [9.17, 15) is 10.1 Å². The van der Waals surface area contributed by atoms with Gasteiger partial charge in [0.25, 0.3) is 5.69 Å². The SMILES string of the molecule is COc1c2c(cc3c1[C@H](C#CCNc1ccc([N+](=O)[O-])cc1C)[NH+](C)CC3)OCO2. The normalized spacial score (nSPS) is 18.8. The average molecular weight is 410 g/mol. The smallest absolute Gasteiger partial charge is 0.269 e. The number of nitrogens with zero attached hydrogens (tertiary/aromatic N) is 1. The Balaban J connectivity index is 1.56. The number of nitrogens with one attached hydrogen (secondary N) is 2. The molecule has 0 saturated heterocycles. The van der Waals surface area contributed by atoms with Crippen molar-refractivity contribution in [2.24, 2.45) is 0 Å². The van der Waals surface area contributed by atoms with E-state index in [4.69, 9.17) is 14.2 Å². The predicted octanol–water partition coefficient (Wildman–Crippen LogP) is 1.87. The molecule has 2 aliphatic rings. The number of ether oxygens (including phenoxy) is 3. The molecule has 8 nitrogen and oxygen atoms in total. The molecule has 0 radical (unpaired) electrons. The number of methoxy groups -OCH3 is 1. The van der Waals surface area contributed by atoms with Crippen molar-refractivity contribution >= 4 is 11.4 Å². The molecule has 0 saturated carbocycles. The molecule has 2 atom stereocenters. The van der Waals surface area contributed by atoms with E-state index >= 15 is 0 Å². The lowest BCUT2D eigenvalue weighted by atomic mass is 9.91. The summed E-state index contributed by atoms with van der Waals surface area (Å²) in [4.78, 5) is 11.8. The second-order valence-corrected chi connectivity index (χ2v) is 7.43. The number of likely N-dealkylation sites (N-methyl/N-ethyl adjacent to an activating group) is 1. The maximum absolute atomic E-state index is 10.9. The van der Waals surface area contributed by atoms with Crippen LogP contribution in [0, 0.1) is 28.9 Å². The van der Waals surface area contributed by atoms with Gasteiger partial charge in [-0.05, 0) is 36.1 Å². The number of aryl methyl sites for hydroxylation is 1. The number of non-ortho nitro benzene ring substituents is 1. The van der Waals surface area contributed by atoms with Gasteiger partial charge in [0.2, 0.25) is 12.5 Å². The van der Waals surface area contributed by atoms with Gasteiger partial charge in [0.05, 0.1) is 37.7 Å². The molecule has 0 aliphatic carbocycles. The van der Waals surface area contributed by atoms with Crippen molar-refractivity contribution in [2.45, 2.75) is 19.4 Å². The van der Waals surface area contributed by atoms with Crippen LogP contribution in [0.5, 0.6) is 17.2 Å². The second kappa shape index (κ2) is 8.13. The van der Waals surface area contributed by atoms with Crippen LogP contribution >= 0.6 is 0 Å². The molecule has 2 heterocycles. The molecule has 8 heteroatoms. The molecule has 0 aromatic heterocycles. The van der Waals surface area contributed by atoms with Gasteiger partial charge >= 0.3 is 0 Å². The second-order valence-electron chi connectivity index (χ2n) is 7.43. The lowest BCUT2D eigenvalue weighted by molar-refractivity contribution is -0.905. The quantitative estimate of drug-likeness (QED) is 0.455. The summed E-state index contributed by atoms with van der Waals surface area (Å²) in [5.41, 5.74) is 3.97. The standard InChI is InChI=1S/C22H23N3O5/c1-14-11-16(25(26)27)6-7-17(14)23-9-4-5-18-20-15(8-10-24(18)2)12-19-21(22(20)28-3)30-13-29-19/h6-7,11-12,18,23H,8-10,13H2,1-3H3/p+1/t18-/m0/s1. The van der Waals surface area contributed by atoms with E-state index in [0.29, 0.717) is 18.0 Å². The van der Waals surface area contributed by atoms with Crippen molar-refractivity contribution in [1.82, 2.24) is 0 Å². The van der Waals surface area contributed by atoms with Gasteiger partial charge in [-0.25, -0.2) is 0 Å². The summed E-state index contributed by atoms with van der Waals surface area (Å²) in [7, 11) is 3.77. The fourth-order valence-corrected chi connectivity index (χ4v) is 3.97. The summed E-state index contributed by atoms with van der Waals surface area (Å²) in [6.45, 7) is 3.44. The third kappa shape index (κ3) is 3.60. The first-order valence-electron chi connectivity index (χ1n) is 9.78. The highest BCUT2D eigenvalue weighted by atomic mass is 16.7. The Morgan fingerprint density at radius 2 is 2.20 bits per heavy atom. The van der Waals surface area contributed by atoms with Crippen LogP contribution in [0.4, 0.5) is 11.4 Å². The highest BCUT2D eigenvalue weighted by Crippen LogP contribution is 2.47. The Hall–Kier alpha value is -3.44. The first-order valence-corrected chi connectivity index (χ1v) is 9.78. The van der Waals surface area contributed by atoms with Crippen LogP contribution in [0.25, 0.3) is 0 Å². The molecule has 0 spiro atoms. The van der Waals surface area contributed by atoms with E-state index in [1.807, 2.05) is 13.0 Å². The maximum Gasteiger partial charge on any atom is 0.269 e. The summed E-state index contributed by atoms with van der Waals surface area (Å²) in [5, 5.41) is 14.1. The number of hydrogen-bond acceptors (Lipinski definition) is 6. The van der Waals surface area contributed by atoms with Crippen LogP contribution in [0.3, 0.4) is 0 Å². The average Bonchev–Trinajstić information content (AvgIpc) is 3.20. The molecule has 30 heavy (non-hydrogen) atoms. The monoisotopic (exact) mass is 410 g/mol.